The number of carbonyl (C=O) groups is 1. The zero-order valence-electron chi connectivity index (χ0n) is 14.5. The molecule has 1 amide bonds. The van der Waals surface area contributed by atoms with Gasteiger partial charge >= 0.3 is 0 Å². The van der Waals surface area contributed by atoms with Crippen LogP contribution in [-0.2, 0) is 16.6 Å². The lowest BCUT2D eigenvalue weighted by atomic mass is 9.78. The van der Waals surface area contributed by atoms with E-state index in [1.165, 1.54) is 36.8 Å². The number of aryl methyl sites for hydroxylation is 1. The number of nitrogens with two attached hydrogens (primary N) is 1. The first-order chi connectivity index (χ1) is 11.1. The Labute approximate surface area is 151 Å². The van der Waals surface area contributed by atoms with Crippen molar-refractivity contribution in [3.05, 3.63) is 35.4 Å². The van der Waals surface area contributed by atoms with E-state index in [4.69, 9.17) is 5.73 Å². The predicted molar refractivity (Wildman–Crippen MR) is 99.4 cm³/mol. The molecule has 3 nitrogen and oxygen atoms in total. The maximum absolute atomic E-state index is 13.1. The van der Waals surface area contributed by atoms with Crippen LogP contribution in [0.25, 0.3) is 0 Å². The summed E-state index contributed by atoms with van der Waals surface area (Å²) >= 11 is 0. The highest BCUT2D eigenvalue weighted by molar-refractivity contribution is 5.85. The van der Waals surface area contributed by atoms with Crippen molar-refractivity contribution < 1.29 is 4.79 Å². The summed E-state index contributed by atoms with van der Waals surface area (Å²) in [6.07, 6.45) is 6.92. The average molecular weight is 349 g/mol. The van der Waals surface area contributed by atoms with E-state index in [0.717, 1.165) is 25.9 Å². The van der Waals surface area contributed by atoms with E-state index in [-0.39, 0.29) is 29.8 Å². The third-order valence-corrected chi connectivity index (χ3v) is 6.51. The van der Waals surface area contributed by atoms with Gasteiger partial charge in [0, 0.05) is 30.5 Å². The van der Waals surface area contributed by atoms with Crippen LogP contribution in [0.4, 0.5) is 0 Å². The summed E-state index contributed by atoms with van der Waals surface area (Å²) in [6, 6.07) is 8.98. The number of hydrogen-bond acceptors (Lipinski definition) is 2. The molecule has 0 bridgehead atoms. The Hall–Kier alpha value is -1.06. The van der Waals surface area contributed by atoms with E-state index in [9.17, 15) is 4.79 Å². The molecule has 24 heavy (non-hydrogen) atoms. The molecule has 0 aromatic heterocycles. The van der Waals surface area contributed by atoms with Gasteiger partial charge < -0.3 is 10.6 Å². The second kappa shape index (κ2) is 6.68. The zero-order valence-corrected chi connectivity index (χ0v) is 15.4. The van der Waals surface area contributed by atoms with Crippen molar-refractivity contribution in [1.82, 2.24) is 4.90 Å². The quantitative estimate of drug-likeness (QED) is 0.891. The Morgan fingerprint density at radius 1 is 1.33 bits per heavy atom. The first kappa shape index (κ1) is 17.8. The Bertz CT molecular complexity index is 617. The van der Waals surface area contributed by atoms with Crippen molar-refractivity contribution in [2.75, 3.05) is 13.1 Å². The molecular formula is C20H29ClN2O. The van der Waals surface area contributed by atoms with Gasteiger partial charge in [0.25, 0.3) is 0 Å². The highest BCUT2D eigenvalue weighted by atomic mass is 35.5. The van der Waals surface area contributed by atoms with Gasteiger partial charge in [0.05, 0.1) is 0 Å². The third-order valence-electron chi connectivity index (χ3n) is 6.51. The van der Waals surface area contributed by atoms with Crippen LogP contribution < -0.4 is 5.73 Å². The first-order valence-electron chi connectivity index (χ1n) is 9.24. The minimum absolute atomic E-state index is 0. The fourth-order valence-electron chi connectivity index (χ4n) is 5.02. The summed E-state index contributed by atoms with van der Waals surface area (Å²) in [5.41, 5.74) is 9.18. The van der Waals surface area contributed by atoms with Crippen LogP contribution in [-0.4, -0.2) is 29.9 Å². The molecule has 1 spiro atoms. The second-order valence-electron chi connectivity index (χ2n) is 7.97. The standard InChI is InChI=1S/C20H28N2O.ClH/c1-14(21)16-8-5-11-22(13-16)19(23)18-12-20(18)10-4-7-15-6-2-3-9-17(15)20;/h2-3,6,9,14,16,18H,4-5,7-8,10-13,21H2,1H3;1H. The molecule has 2 aliphatic carbocycles. The largest absolute Gasteiger partial charge is 0.342 e. The molecule has 1 saturated carbocycles. The molecule has 4 atom stereocenters. The molecule has 1 aromatic carbocycles. The normalized spacial score (nSPS) is 32.7. The minimum atomic E-state index is 0. The molecule has 1 heterocycles. The van der Waals surface area contributed by atoms with Gasteiger partial charge in [0.15, 0.2) is 0 Å². The summed E-state index contributed by atoms with van der Waals surface area (Å²) < 4.78 is 0. The number of rotatable bonds is 2. The number of nitrogens with zero attached hydrogens (tertiary/aromatic N) is 1. The Morgan fingerprint density at radius 2 is 2.12 bits per heavy atom. The molecule has 0 radical (unpaired) electrons. The van der Waals surface area contributed by atoms with Gasteiger partial charge in [-0.3, -0.25) is 4.79 Å². The molecule has 2 N–H and O–H groups in total. The summed E-state index contributed by atoms with van der Waals surface area (Å²) in [5.74, 6) is 1.09. The van der Waals surface area contributed by atoms with Crippen molar-refractivity contribution in [3.63, 3.8) is 0 Å². The van der Waals surface area contributed by atoms with E-state index >= 15 is 0 Å². The van der Waals surface area contributed by atoms with E-state index in [0.29, 0.717) is 11.8 Å². The molecular weight excluding hydrogens is 320 g/mol. The molecule has 4 heteroatoms. The Morgan fingerprint density at radius 3 is 2.92 bits per heavy atom. The number of amides is 1. The van der Waals surface area contributed by atoms with Crippen molar-refractivity contribution in [3.8, 4) is 0 Å². The van der Waals surface area contributed by atoms with Crippen LogP contribution in [0.15, 0.2) is 24.3 Å². The number of fused-ring (bicyclic) bond motifs is 2. The van der Waals surface area contributed by atoms with Crippen molar-refractivity contribution in [2.24, 2.45) is 17.6 Å². The highest BCUT2D eigenvalue weighted by Crippen LogP contribution is 2.60. The number of carbonyl (C=O) groups excluding carboxylic acids is 1. The highest BCUT2D eigenvalue weighted by Gasteiger charge is 2.60. The molecule has 132 valence electrons. The SMILES string of the molecule is CC(N)C1CCCN(C(=O)C2CC23CCCc2ccccc23)C1.Cl. The van der Waals surface area contributed by atoms with E-state index < -0.39 is 0 Å². The number of hydrogen-bond donors (Lipinski definition) is 1. The van der Waals surface area contributed by atoms with Crippen LogP contribution in [0.2, 0.25) is 0 Å². The fourth-order valence-corrected chi connectivity index (χ4v) is 5.02. The van der Waals surface area contributed by atoms with Gasteiger partial charge in [0.1, 0.15) is 0 Å². The average Bonchev–Trinajstić information content (AvgIpc) is 3.29. The number of likely N-dealkylation sites (tertiary alicyclic amines) is 1. The Balaban J connectivity index is 0.00000169. The second-order valence-corrected chi connectivity index (χ2v) is 7.97. The van der Waals surface area contributed by atoms with Crippen LogP contribution in [0.5, 0.6) is 0 Å². The predicted octanol–water partition coefficient (Wildman–Crippen LogP) is 3.29. The topological polar surface area (TPSA) is 46.3 Å². The lowest BCUT2D eigenvalue weighted by Crippen LogP contribution is -2.46. The monoisotopic (exact) mass is 348 g/mol. The van der Waals surface area contributed by atoms with Crippen LogP contribution >= 0.6 is 12.4 Å². The van der Waals surface area contributed by atoms with Gasteiger partial charge in [-0.25, -0.2) is 0 Å². The molecule has 1 aliphatic heterocycles. The van der Waals surface area contributed by atoms with Crippen molar-refractivity contribution >= 4 is 18.3 Å². The third kappa shape index (κ3) is 2.86. The van der Waals surface area contributed by atoms with E-state index in [1.807, 2.05) is 0 Å². The summed E-state index contributed by atoms with van der Waals surface area (Å²) in [4.78, 5) is 15.2. The zero-order chi connectivity index (χ0) is 16.0. The summed E-state index contributed by atoms with van der Waals surface area (Å²) in [6.45, 7) is 3.87. The van der Waals surface area contributed by atoms with E-state index in [1.54, 1.807) is 0 Å². The van der Waals surface area contributed by atoms with Crippen molar-refractivity contribution in [2.45, 2.75) is 56.9 Å². The van der Waals surface area contributed by atoms with Gasteiger partial charge in [-0.05, 0) is 62.5 Å². The van der Waals surface area contributed by atoms with Crippen LogP contribution in [0, 0.1) is 11.8 Å². The number of benzene rings is 1. The molecule has 1 saturated heterocycles. The number of piperidine rings is 1. The van der Waals surface area contributed by atoms with Gasteiger partial charge in [-0.2, -0.15) is 0 Å². The van der Waals surface area contributed by atoms with Gasteiger partial charge in [-0.1, -0.05) is 24.3 Å². The van der Waals surface area contributed by atoms with Gasteiger partial charge in [-0.15, -0.1) is 12.4 Å². The minimum Gasteiger partial charge on any atom is -0.342 e. The molecule has 3 aliphatic rings. The smallest absolute Gasteiger partial charge is 0.226 e. The fraction of sp³-hybridized carbons (Fsp3) is 0.650. The van der Waals surface area contributed by atoms with Crippen molar-refractivity contribution in [1.29, 1.82) is 0 Å². The van der Waals surface area contributed by atoms with Crippen LogP contribution in [0.1, 0.15) is 50.2 Å². The first-order valence-corrected chi connectivity index (χ1v) is 9.24. The molecule has 4 rings (SSSR count). The van der Waals surface area contributed by atoms with E-state index in [2.05, 4.69) is 36.1 Å². The number of halogens is 1. The summed E-state index contributed by atoms with van der Waals surface area (Å²) in [7, 11) is 0. The molecule has 2 fully saturated rings. The molecule has 4 unspecified atom stereocenters. The van der Waals surface area contributed by atoms with Crippen LogP contribution in [0.3, 0.4) is 0 Å². The summed E-state index contributed by atoms with van der Waals surface area (Å²) in [5, 5.41) is 0. The maximum Gasteiger partial charge on any atom is 0.226 e. The maximum atomic E-state index is 13.1. The lowest BCUT2D eigenvalue weighted by molar-refractivity contribution is -0.135. The lowest BCUT2D eigenvalue weighted by Gasteiger charge is -2.35. The Kier molecular flexibility index (Phi) is 4.94. The van der Waals surface area contributed by atoms with Gasteiger partial charge in [0.2, 0.25) is 5.91 Å². The molecule has 1 aromatic rings.